The molecule has 2 aromatic heterocycles. The summed E-state index contributed by atoms with van der Waals surface area (Å²) in [7, 11) is 1.97. The third kappa shape index (κ3) is 6.57. The van der Waals surface area contributed by atoms with Gasteiger partial charge in [-0.15, -0.1) is 21.5 Å². The number of morpholine rings is 1. The molecule has 0 aromatic carbocycles. The van der Waals surface area contributed by atoms with Crippen molar-refractivity contribution in [2.45, 2.75) is 26.3 Å². The van der Waals surface area contributed by atoms with Crippen molar-refractivity contribution in [2.75, 3.05) is 45.9 Å². The number of aliphatic imine (C=N–C) groups is 1. The lowest BCUT2D eigenvalue weighted by atomic mass is 10.3. The van der Waals surface area contributed by atoms with Gasteiger partial charge in [-0.2, -0.15) is 0 Å². The standard InChI is InChI=1S/C19H31N7OS/c1-16-23-24-18(25(16)2)15-22-19(21-8-6-17-5-3-14-28-17)20-7-4-9-26-10-12-27-13-11-26/h3,5,14H,4,6-13,15H2,1-2H3,(H2,20,21,22). The van der Waals surface area contributed by atoms with Gasteiger partial charge in [0.05, 0.1) is 13.2 Å². The Hall–Kier alpha value is -1.97. The van der Waals surface area contributed by atoms with Gasteiger partial charge >= 0.3 is 0 Å². The summed E-state index contributed by atoms with van der Waals surface area (Å²) < 4.78 is 7.38. The van der Waals surface area contributed by atoms with E-state index in [9.17, 15) is 0 Å². The van der Waals surface area contributed by atoms with Crippen LogP contribution in [-0.2, 0) is 24.8 Å². The van der Waals surface area contributed by atoms with Gasteiger partial charge in [-0.25, -0.2) is 4.99 Å². The van der Waals surface area contributed by atoms with Gasteiger partial charge in [-0.3, -0.25) is 4.90 Å². The van der Waals surface area contributed by atoms with E-state index in [4.69, 9.17) is 9.73 Å². The van der Waals surface area contributed by atoms with Crippen LogP contribution in [0.4, 0.5) is 0 Å². The molecule has 0 amide bonds. The smallest absolute Gasteiger partial charge is 0.191 e. The molecule has 0 bridgehead atoms. The Balaban J connectivity index is 1.47. The highest BCUT2D eigenvalue weighted by Gasteiger charge is 2.10. The van der Waals surface area contributed by atoms with E-state index in [1.165, 1.54) is 4.88 Å². The fraction of sp³-hybridized carbons (Fsp3) is 0.632. The van der Waals surface area contributed by atoms with E-state index in [2.05, 4.69) is 43.2 Å². The van der Waals surface area contributed by atoms with Crippen molar-refractivity contribution in [1.82, 2.24) is 30.3 Å². The molecule has 2 N–H and O–H groups in total. The van der Waals surface area contributed by atoms with Crippen LogP contribution in [-0.4, -0.2) is 71.6 Å². The second-order valence-electron chi connectivity index (χ2n) is 6.88. The number of ether oxygens (including phenoxy) is 1. The highest BCUT2D eigenvalue weighted by molar-refractivity contribution is 7.09. The van der Waals surface area contributed by atoms with Crippen molar-refractivity contribution in [2.24, 2.45) is 12.0 Å². The van der Waals surface area contributed by atoms with Crippen LogP contribution < -0.4 is 10.6 Å². The predicted octanol–water partition coefficient (Wildman–Crippen LogP) is 1.19. The van der Waals surface area contributed by atoms with Gasteiger partial charge in [0.15, 0.2) is 11.8 Å². The highest BCUT2D eigenvalue weighted by Crippen LogP contribution is 2.08. The Morgan fingerprint density at radius 3 is 2.79 bits per heavy atom. The maximum Gasteiger partial charge on any atom is 0.191 e. The molecule has 0 atom stereocenters. The van der Waals surface area contributed by atoms with Crippen LogP contribution in [0.5, 0.6) is 0 Å². The van der Waals surface area contributed by atoms with Crippen LogP contribution in [0, 0.1) is 6.92 Å². The molecule has 1 saturated heterocycles. The Morgan fingerprint density at radius 1 is 1.25 bits per heavy atom. The molecule has 0 saturated carbocycles. The number of nitrogens with one attached hydrogen (secondary N) is 2. The number of thiophene rings is 1. The number of hydrogen-bond acceptors (Lipinski definition) is 6. The van der Waals surface area contributed by atoms with Crippen molar-refractivity contribution in [3.63, 3.8) is 0 Å². The second-order valence-corrected chi connectivity index (χ2v) is 7.91. The lowest BCUT2D eigenvalue weighted by molar-refractivity contribution is 0.0376. The van der Waals surface area contributed by atoms with E-state index in [-0.39, 0.29) is 0 Å². The van der Waals surface area contributed by atoms with Gasteiger partial charge in [0.1, 0.15) is 12.4 Å². The summed E-state index contributed by atoms with van der Waals surface area (Å²) in [5.74, 6) is 2.60. The Morgan fingerprint density at radius 2 is 2.07 bits per heavy atom. The molecule has 28 heavy (non-hydrogen) atoms. The number of hydrogen-bond donors (Lipinski definition) is 2. The number of aryl methyl sites for hydroxylation is 1. The summed E-state index contributed by atoms with van der Waals surface area (Å²) in [6.07, 6.45) is 2.07. The largest absolute Gasteiger partial charge is 0.379 e. The summed E-state index contributed by atoms with van der Waals surface area (Å²) in [6.45, 7) is 9.05. The van der Waals surface area contributed by atoms with E-state index in [0.29, 0.717) is 6.54 Å². The van der Waals surface area contributed by atoms with Crippen molar-refractivity contribution >= 4 is 17.3 Å². The van der Waals surface area contributed by atoms with Crippen LogP contribution >= 0.6 is 11.3 Å². The van der Waals surface area contributed by atoms with Gasteiger partial charge < -0.3 is 19.9 Å². The monoisotopic (exact) mass is 405 g/mol. The molecule has 3 heterocycles. The first-order valence-corrected chi connectivity index (χ1v) is 10.8. The molecule has 1 aliphatic rings. The van der Waals surface area contributed by atoms with Crippen LogP contribution in [0.2, 0.25) is 0 Å². The number of aromatic nitrogens is 3. The SMILES string of the molecule is Cc1nnc(CN=C(NCCCN2CCOCC2)NCCc2cccs2)n1C. The van der Waals surface area contributed by atoms with Gasteiger partial charge in [0, 0.05) is 38.1 Å². The molecule has 0 unspecified atom stereocenters. The lowest BCUT2D eigenvalue weighted by Gasteiger charge is -2.26. The van der Waals surface area contributed by atoms with Crippen LogP contribution in [0.15, 0.2) is 22.5 Å². The van der Waals surface area contributed by atoms with E-state index < -0.39 is 0 Å². The van der Waals surface area contributed by atoms with Crippen LogP contribution in [0.3, 0.4) is 0 Å². The quantitative estimate of drug-likeness (QED) is 0.371. The fourth-order valence-corrected chi connectivity index (χ4v) is 3.71. The summed E-state index contributed by atoms with van der Waals surface area (Å²) in [4.78, 5) is 8.54. The molecular formula is C19H31N7OS. The molecule has 0 spiro atoms. The normalized spacial score (nSPS) is 15.7. The Kier molecular flexibility index (Phi) is 8.25. The van der Waals surface area contributed by atoms with Crippen molar-refractivity contribution < 1.29 is 4.74 Å². The lowest BCUT2D eigenvalue weighted by Crippen LogP contribution is -2.41. The Bertz CT molecular complexity index is 723. The Labute approximate surface area is 171 Å². The van der Waals surface area contributed by atoms with E-state index in [0.717, 1.165) is 76.4 Å². The zero-order valence-corrected chi connectivity index (χ0v) is 17.7. The molecule has 1 aliphatic heterocycles. The van der Waals surface area contributed by atoms with Gasteiger partial charge in [0.25, 0.3) is 0 Å². The van der Waals surface area contributed by atoms with Gasteiger partial charge in [-0.05, 0) is 37.8 Å². The first-order chi connectivity index (χ1) is 13.7. The summed E-state index contributed by atoms with van der Waals surface area (Å²) in [6, 6.07) is 4.26. The minimum Gasteiger partial charge on any atom is -0.379 e. The van der Waals surface area contributed by atoms with E-state index in [1.54, 1.807) is 11.3 Å². The number of nitrogens with zero attached hydrogens (tertiary/aromatic N) is 5. The number of rotatable bonds is 9. The topological polar surface area (TPSA) is 79.6 Å². The summed E-state index contributed by atoms with van der Waals surface area (Å²) in [5.41, 5.74) is 0. The molecular weight excluding hydrogens is 374 g/mol. The first kappa shape index (κ1) is 20.8. The van der Waals surface area contributed by atoms with E-state index >= 15 is 0 Å². The average molecular weight is 406 g/mol. The minimum absolute atomic E-state index is 0.509. The fourth-order valence-electron chi connectivity index (χ4n) is 3.01. The third-order valence-electron chi connectivity index (χ3n) is 4.85. The molecule has 2 aromatic rings. The van der Waals surface area contributed by atoms with Crippen molar-refractivity contribution in [1.29, 1.82) is 0 Å². The first-order valence-electron chi connectivity index (χ1n) is 9.92. The van der Waals surface area contributed by atoms with Crippen molar-refractivity contribution in [3.05, 3.63) is 34.0 Å². The highest BCUT2D eigenvalue weighted by atomic mass is 32.1. The zero-order valence-electron chi connectivity index (χ0n) is 16.9. The third-order valence-corrected chi connectivity index (χ3v) is 5.79. The molecule has 1 fully saturated rings. The maximum absolute atomic E-state index is 5.41. The van der Waals surface area contributed by atoms with Crippen LogP contribution in [0.1, 0.15) is 22.9 Å². The summed E-state index contributed by atoms with van der Waals surface area (Å²) in [5, 5.41) is 17.3. The predicted molar refractivity (Wildman–Crippen MR) is 113 cm³/mol. The molecule has 0 radical (unpaired) electrons. The molecule has 154 valence electrons. The molecule has 9 heteroatoms. The van der Waals surface area contributed by atoms with Crippen molar-refractivity contribution in [3.8, 4) is 0 Å². The molecule has 0 aliphatic carbocycles. The average Bonchev–Trinajstić information content (AvgIpc) is 3.34. The second kappa shape index (κ2) is 11.1. The van der Waals surface area contributed by atoms with Crippen LogP contribution in [0.25, 0.3) is 0 Å². The van der Waals surface area contributed by atoms with Gasteiger partial charge in [0.2, 0.25) is 0 Å². The van der Waals surface area contributed by atoms with E-state index in [1.807, 2.05) is 18.5 Å². The molecule has 8 nitrogen and oxygen atoms in total. The molecule has 3 rings (SSSR count). The zero-order chi connectivity index (χ0) is 19.6. The number of guanidine groups is 1. The maximum atomic E-state index is 5.41. The minimum atomic E-state index is 0.509. The summed E-state index contributed by atoms with van der Waals surface area (Å²) >= 11 is 1.79. The van der Waals surface area contributed by atoms with Gasteiger partial charge in [-0.1, -0.05) is 6.07 Å².